The Bertz CT molecular complexity index is 788. The van der Waals surface area contributed by atoms with E-state index in [4.69, 9.17) is 16.3 Å². The van der Waals surface area contributed by atoms with E-state index in [0.29, 0.717) is 24.4 Å². The minimum Gasteiger partial charge on any atom is -0.368 e. The van der Waals surface area contributed by atoms with Crippen molar-refractivity contribution in [1.29, 1.82) is 0 Å². The van der Waals surface area contributed by atoms with Gasteiger partial charge in [-0.3, -0.25) is 4.79 Å². The lowest BCUT2D eigenvalue weighted by Gasteiger charge is -2.15. The number of benzene rings is 2. The van der Waals surface area contributed by atoms with Crippen LogP contribution in [0.4, 0.5) is 30.2 Å². The maximum absolute atomic E-state index is 13.1. The average Bonchev–Trinajstić information content (AvgIpc) is 3.12. The van der Waals surface area contributed by atoms with E-state index in [1.165, 1.54) is 12.1 Å². The molecule has 2 aromatic rings. The number of anilines is 3. The molecule has 2 N–H and O–H groups in total. The molecule has 0 aromatic heterocycles. The van der Waals surface area contributed by atoms with Gasteiger partial charge < -0.3 is 15.4 Å². The van der Waals surface area contributed by atoms with Crippen LogP contribution in [0.3, 0.4) is 0 Å². The highest BCUT2D eigenvalue weighted by molar-refractivity contribution is 6.30. The molecule has 1 fully saturated rings. The predicted octanol–water partition coefficient (Wildman–Crippen LogP) is 5.22. The third kappa shape index (κ3) is 4.47. The number of alkyl halides is 3. The third-order valence-corrected chi connectivity index (χ3v) is 4.18. The second-order valence-corrected chi connectivity index (χ2v) is 6.32. The molecule has 1 heterocycles. The smallest absolute Gasteiger partial charge is 0.368 e. The van der Waals surface area contributed by atoms with E-state index in [0.717, 1.165) is 12.5 Å². The number of carbonyl (C=O) groups excluding carboxylic acids is 1. The molecule has 0 spiro atoms. The summed E-state index contributed by atoms with van der Waals surface area (Å²) >= 11 is 5.67. The van der Waals surface area contributed by atoms with E-state index in [2.05, 4.69) is 10.6 Å². The molecule has 0 bridgehead atoms. The van der Waals surface area contributed by atoms with Gasteiger partial charge in [-0.25, -0.2) is 0 Å². The monoisotopic (exact) mass is 384 g/mol. The molecule has 138 valence electrons. The molecule has 2 aromatic carbocycles. The first-order chi connectivity index (χ1) is 12.3. The first-order valence-electron chi connectivity index (χ1n) is 7.99. The van der Waals surface area contributed by atoms with Gasteiger partial charge >= 0.3 is 6.18 Å². The van der Waals surface area contributed by atoms with Crippen LogP contribution < -0.4 is 10.6 Å². The highest BCUT2D eigenvalue weighted by Gasteiger charge is 2.33. The topological polar surface area (TPSA) is 50.4 Å². The molecule has 4 nitrogen and oxygen atoms in total. The average molecular weight is 385 g/mol. The van der Waals surface area contributed by atoms with Crippen LogP contribution in [0.2, 0.25) is 5.02 Å². The quantitative estimate of drug-likeness (QED) is 0.759. The Labute approximate surface area is 153 Å². The molecule has 1 amide bonds. The summed E-state index contributed by atoms with van der Waals surface area (Å²) in [5, 5.41) is 5.46. The second-order valence-electron chi connectivity index (χ2n) is 5.88. The zero-order valence-electron chi connectivity index (χ0n) is 13.6. The van der Waals surface area contributed by atoms with Crippen molar-refractivity contribution in [2.24, 2.45) is 0 Å². The van der Waals surface area contributed by atoms with Gasteiger partial charge in [-0.1, -0.05) is 11.6 Å². The van der Waals surface area contributed by atoms with Crippen molar-refractivity contribution in [2.75, 3.05) is 17.2 Å². The highest BCUT2D eigenvalue weighted by atomic mass is 35.5. The Kier molecular flexibility index (Phi) is 5.38. The van der Waals surface area contributed by atoms with E-state index < -0.39 is 17.8 Å². The lowest BCUT2D eigenvalue weighted by Crippen LogP contribution is -2.26. The van der Waals surface area contributed by atoms with E-state index in [9.17, 15) is 18.0 Å². The zero-order chi connectivity index (χ0) is 18.7. The van der Waals surface area contributed by atoms with E-state index in [-0.39, 0.29) is 16.6 Å². The van der Waals surface area contributed by atoms with Gasteiger partial charge in [-0.2, -0.15) is 13.2 Å². The summed E-state index contributed by atoms with van der Waals surface area (Å²) in [6, 6.07) is 9.92. The van der Waals surface area contributed by atoms with Gasteiger partial charge in [0.2, 0.25) is 0 Å². The Morgan fingerprint density at radius 2 is 1.81 bits per heavy atom. The van der Waals surface area contributed by atoms with Gasteiger partial charge in [0.05, 0.1) is 11.3 Å². The molecule has 1 saturated heterocycles. The zero-order valence-corrected chi connectivity index (χ0v) is 14.3. The minimum absolute atomic E-state index is 0.00932. The number of hydrogen-bond donors (Lipinski definition) is 2. The first-order valence-corrected chi connectivity index (χ1v) is 8.37. The van der Waals surface area contributed by atoms with Gasteiger partial charge in [0.1, 0.15) is 6.10 Å². The predicted molar refractivity (Wildman–Crippen MR) is 93.8 cm³/mol. The Hall–Kier alpha value is -2.25. The van der Waals surface area contributed by atoms with Crippen molar-refractivity contribution in [1.82, 2.24) is 0 Å². The van der Waals surface area contributed by atoms with Crippen LogP contribution in [0.15, 0.2) is 42.5 Å². The molecular weight excluding hydrogens is 369 g/mol. The number of amides is 1. The fourth-order valence-electron chi connectivity index (χ4n) is 2.66. The van der Waals surface area contributed by atoms with Crippen molar-refractivity contribution >= 4 is 34.6 Å². The summed E-state index contributed by atoms with van der Waals surface area (Å²) in [7, 11) is 0. The van der Waals surface area contributed by atoms with Crippen molar-refractivity contribution in [3.8, 4) is 0 Å². The molecule has 26 heavy (non-hydrogen) atoms. The summed E-state index contributed by atoms with van der Waals surface area (Å²) in [5.74, 6) is -0.222. The summed E-state index contributed by atoms with van der Waals surface area (Å²) in [6.07, 6.45) is -3.44. The SMILES string of the molecule is O=C(Nc1ccc(Nc2ccc(Cl)cc2C(F)(F)F)cc1)C1CCCO1. The van der Waals surface area contributed by atoms with Crippen LogP contribution in [0.1, 0.15) is 18.4 Å². The molecule has 1 aliphatic heterocycles. The van der Waals surface area contributed by atoms with Crippen molar-refractivity contribution in [3.05, 3.63) is 53.1 Å². The first kappa shape index (κ1) is 18.5. The normalized spacial score (nSPS) is 17.2. The summed E-state index contributed by atoms with van der Waals surface area (Å²) in [5.41, 5.74) is 0.0509. The van der Waals surface area contributed by atoms with E-state index >= 15 is 0 Å². The summed E-state index contributed by atoms with van der Waals surface area (Å²) in [4.78, 5) is 12.0. The number of nitrogens with one attached hydrogen (secondary N) is 2. The third-order valence-electron chi connectivity index (χ3n) is 3.94. The largest absolute Gasteiger partial charge is 0.418 e. The van der Waals surface area contributed by atoms with Crippen LogP contribution in [0, 0.1) is 0 Å². The van der Waals surface area contributed by atoms with Crippen LogP contribution in [-0.2, 0) is 15.7 Å². The van der Waals surface area contributed by atoms with Gasteiger partial charge in [0.25, 0.3) is 5.91 Å². The minimum atomic E-state index is -4.53. The fourth-order valence-corrected chi connectivity index (χ4v) is 2.83. The Morgan fingerprint density at radius 3 is 2.42 bits per heavy atom. The van der Waals surface area contributed by atoms with Crippen LogP contribution in [0.25, 0.3) is 0 Å². The Balaban J connectivity index is 1.71. The van der Waals surface area contributed by atoms with Crippen LogP contribution in [0.5, 0.6) is 0 Å². The van der Waals surface area contributed by atoms with E-state index in [1.807, 2.05) is 0 Å². The molecule has 1 aliphatic rings. The number of halogens is 4. The summed E-state index contributed by atoms with van der Waals surface area (Å²) < 4.78 is 44.7. The van der Waals surface area contributed by atoms with Crippen LogP contribution >= 0.6 is 11.6 Å². The number of carbonyl (C=O) groups is 1. The highest BCUT2D eigenvalue weighted by Crippen LogP contribution is 2.37. The van der Waals surface area contributed by atoms with Crippen molar-refractivity contribution in [2.45, 2.75) is 25.1 Å². The van der Waals surface area contributed by atoms with Gasteiger partial charge in [0, 0.05) is 23.0 Å². The summed E-state index contributed by atoms with van der Waals surface area (Å²) in [6.45, 7) is 0.573. The molecule has 1 unspecified atom stereocenters. The standard InChI is InChI=1S/C18H16ClF3N2O2/c19-11-3-8-15(14(10-11)18(20,21)22)23-12-4-6-13(7-5-12)24-17(25)16-2-1-9-26-16/h3-8,10,16,23H,1-2,9H2,(H,24,25). The lowest BCUT2D eigenvalue weighted by atomic mass is 10.1. The van der Waals surface area contributed by atoms with Crippen molar-refractivity contribution < 1.29 is 22.7 Å². The maximum Gasteiger partial charge on any atom is 0.418 e. The molecule has 8 heteroatoms. The molecule has 0 radical (unpaired) electrons. The van der Waals surface area contributed by atoms with Gasteiger partial charge in [-0.05, 0) is 55.3 Å². The second kappa shape index (κ2) is 7.55. The molecule has 3 rings (SSSR count). The molecular formula is C18H16ClF3N2O2. The van der Waals surface area contributed by atoms with Gasteiger partial charge in [-0.15, -0.1) is 0 Å². The molecule has 1 atom stereocenters. The number of ether oxygens (including phenoxy) is 1. The lowest BCUT2D eigenvalue weighted by molar-refractivity contribution is -0.137. The number of hydrogen-bond acceptors (Lipinski definition) is 3. The van der Waals surface area contributed by atoms with Crippen molar-refractivity contribution in [3.63, 3.8) is 0 Å². The molecule has 0 saturated carbocycles. The van der Waals surface area contributed by atoms with Gasteiger partial charge in [0.15, 0.2) is 0 Å². The Morgan fingerprint density at radius 1 is 1.12 bits per heavy atom. The van der Waals surface area contributed by atoms with E-state index in [1.54, 1.807) is 24.3 Å². The fraction of sp³-hybridized carbons (Fsp3) is 0.278. The maximum atomic E-state index is 13.1. The number of rotatable bonds is 4. The van der Waals surface area contributed by atoms with Crippen LogP contribution in [-0.4, -0.2) is 18.6 Å². The molecule has 0 aliphatic carbocycles.